The van der Waals surface area contributed by atoms with Crippen LogP contribution in [0.5, 0.6) is 0 Å². The highest BCUT2D eigenvalue weighted by Crippen LogP contribution is 2.23. The Morgan fingerprint density at radius 1 is 1.58 bits per heavy atom. The Kier molecular flexibility index (Phi) is 3.79. The van der Waals surface area contributed by atoms with Crippen LogP contribution in [0.2, 0.25) is 0 Å². The van der Waals surface area contributed by atoms with Crippen molar-refractivity contribution in [1.82, 2.24) is 19.9 Å². The third-order valence-electron chi connectivity index (χ3n) is 2.89. The standard InChI is InChI=1S/C13H17N5O/c1-3-16-13(19)9(2)18-8-15-7-11(18)10-4-5-17-12(14)6-10/h4-9H,3H2,1-2H3,(H2,14,17)(H,16,19). The van der Waals surface area contributed by atoms with E-state index in [0.717, 1.165) is 11.3 Å². The Labute approximate surface area is 111 Å². The number of hydrogen-bond donors (Lipinski definition) is 2. The lowest BCUT2D eigenvalue weighted by atomic mass is 10.2. The average Bonchev–Trinajstić information content (AvgIpc) is 2.87. The molecule has 2 aromatic heterocycles. The zero-order valence-electron chi connectivity index (χ0n) is 11.0. The Balaban J connectivity index is 2.35. The maximum atomic E-state index is 11.9. The Hall–Kier alpha value is -2.37. The second-order valence-electron chi connectivity index (χ2n) is 4.23. The first kappa shape index (κ1) is 13.1. The van der Waals surface area contributed by atoms with E-state index in [2.05, 4.69) is 15.3 Å². The summed E-state index contributed by atoms with van der Waals surface area (Å²) in [6, 6.07) is 3.28. The summed E-state index contributed by atoms with van der Waals surface area (Å²) in [7, 11) is 0. The average molecular weight is 259 g/mol. The van der Waals surface area contributed by atoms with Gasteiger partial charge in [-0.05, 0) is 26.0 Å². The van der Waals surface area contributed by atoms with Crippen LogP contribution in [0.1, 0.15) is 19.9 Å². The number of rotatable bonds is 4. The molecule has 0 saturated carbocycles. The number of nitrogens with two attached hydrogens (primary N) is 1. The highest BCUT2D eigenvalue weighted by molar-refractivity contribution is 5.80. The first-order valence-electron chi connectivity index (χ1n) is 6.15. The van der Waals surface area contributed by atoms with E-state index in [1.165, 1.54) is 0 Å². The van der Waals surface area contributed by atoms with Gasteiger partial charge in [-0.15, -0.1) is 0 Å². The molecule has 1 atom stereocenters. The summed E-state index contributed by atoms with van der Waals surface area (Å²) in [6.07, 6.45) is 5.00. The highest BCUT2D eigenvalue weighted by atomic mass is 16.2. The fraction of sp³-hybridized carbons (Fsp3) is 0.308. The van der Waals surface area contributed by atoms with Gasteiger partial charge in [-0.3, -0.25) is 4.79 Å². The Morgan fingerprint density at radius 3 is 3.05 bits per heavy atom. The van der Waals surface area contributed by atoms with Crippen molar-refractivity contribution in [2.45, 2.75) is 19.9 Å². The number of nitrogen functional groups attached to an aromatic ring is 1. The van der Waals surface area contributed by atoms with Gasteiger partial charge in [0.1, 0.15) is 11.9 Å². The zero-order valence-corrected chi connectivity index (χ0v) is 11.0. The van der Waals surface area contributed by atoms with Crippen molar-refractivity contribution < 1.29 is 4.79 Å². The summed E-state index contributed by atoms with van der Waals surface area (Å²) < 4.78 is 1.82. The van der Waals surface area contributed by atoms with Crippen molar-refractivity contribution in [2.24, 2.45) is 0 Å². The largest absolute Gasteiger partial charge is 0.384 e. The molecule has 0 aliphatic heterocycles. The summed E-state index contributed by atoms with van der Waals surface area (Å²) in [5, 5.41) is 2.80. The second-order valence-corrected chi connectivity index (χ2v) is 4.23. The van der Waals surface area contributed by atoms with Crippen LogP contribution in [-0.2, 0) is 4.79 Å². The number of carbonyl (C=O) groups is 1. The second kappa shape index (κ2) is 5.51. The molecule has 0 saturated heterocycles. The minimum absolute atomic E-state index is 0.0382. The third kappa shape index (κ3) is 2.73. The molecule has 2 rings (SSSR count). The van der Waals surface area contributed by atoms with Crippen LogP contribution in [0, 0.1) is 0 Å². The van der Waals surface area contributed by atoms with Crippen LogP contribution in [0.4, 0.5) is 5.82 Å². The molecule has 0 spiro atoms. The highest BCUT2D eigenvalue weighted by Gasteiger charge is 2.17. The molecule has 19 heavy (non-hydrogen) atoms. The van der Waals surface area contributed by atoms with E-state index in [-0.39, 0.29) is 11.9 Å². The van der Waals surface area contributed by atoms with Crippen molar-refractivity contribution in [1.29, 1.82) is 0 Å². The summed E-state index contributed by atoms with van der Waals surface area (Å²) in [5.41, 5.74) is 7.41. The van der Waals surface area contributed by atoms with E-state index in [1.807, 2.05) is 24.5 Å². The zero-order chi connectivity index (χ0) is 13.8. The number of pyridine rings is 1. The van der Waals surface area contributed by atoms with Crippen LogP contribution in [0.3, 0.4) is 0 Å². The normalized spacial score (nSPS) is 12.1. The smallest absolute Gasteiger partial charge is 0.242 e. The topological polar surface area (TPSA) is 85.8 Å². The minimum atomic E-state index is -0.327. The number of amides is 1. The quantitative estimate of drug-likeness (QED) is 0.864. The third-order valence-corrected chi connectivity index (χ3v) is 2.89. The van der Waals surface area contributed by atoms with Crippen molar-refractivity contribution in [3.63, 3.8) is 0 Å². The van der Waals surface area contributed by atoms with Gasteiger partial charge in [0, 0.05) is 18.3 Å². The van der Waals surface area contributed by atoms with Crippen molar-refractivity contribution in [2.75, 3.05) is 12.3 Å². The lowest BCUT2D eigenvalue weighted by molar-refractivity contribution is -0.123. The van der Waals surface area contributed by atoms with Crippen molar-refractivity contribution >= 4 is 11.7 Å². The number of aromatic nitrogens is 3. The van der Waals surface area contributed by atoms with Gasteiger partial charge in [-0.25, -0.2) is 9.97 Å². The van der Waals surface area contributed by atoms with E-state index >= 15 is 0 Å². The lowest BCUT2D eigenvalue weighted by Crippen LogP contribution is -2.30. The molecule has 6 nitrogen and oxygen atoms in total. The van der Waals surface area contributed by atoms with Gasteiger partial charge in [0.2, 0.25) is 5.91 Å². The molecular formula is C13H17N5O. The van der Waals surface area contributed by atoms with E-state index in [1.54, 1.807) is 24.8 Å². The molecule has 0 aliphatic carbocycles. The molecule has 100 valence electrons. The molecule has 0 aliphatic rings. The molecule has 0 fully saturated rings. The first-order chi connectivity index (χ1) is 9.13. The molecule has 0 radical (unpaired) electrons. The van der Waals surface area contributed by atoms with Gasteiger partial charge in [0.25, 0.3) is 0 Å². The van der Waals surface area contributed by atoms with Gasteiger partial charge in [-0.2, -0.15) is 0 Å². The molecule has 3 N–H and O–H groups in total. The molecule has 2 heterocycles. The molecule has 6 heteroatoms. The monoisotopic (exact) mass is 259 g/mol. The number of anilines is 1. The molecule has 0 aromatic carbocycles. The summed E-state index contributed by atoms with van der Waals surface area (Å²) in [4.78, 5) is 20.0. The maximum Gasteiger partial charge on any atom is 0.242 e. The SMILES string of the molecule is CCNC(=O)C(C)n1cncc1-c1ccnc(N)c1. The summed E-state index contributed by atoms with van der Waals surface area (Å²) in [6.45, 7) is 4.33. The molecule has 1 unspecified atom stereocenters. The van der Waals surface area contributed by atoms with Crippen molar-refractivity contribution in [3.05, 3.63) is 30.9 Å². The van der Waals surface area contributed by atoms with Crippen molar-refractivity contribution in [3.8, 4) is 11.3 Å². The summed E-state index contributed by atoms with van der Waals surface area (Å²) >= 11 is 0. The van der Waals surface area contributed by atoms with Gasteiger partial charge < -0.3 is 15.6 Å². The Bertz CT molecular complexity index is 578. The minimum Gasteiger partial charge on any atom is -0.384 e. The number of nitrogens with zero attached hydrogens (tertiary/aromatic N) is 3. The van der Waals surface area contributed by atoms with Gasteiger partial charge >= 0.3 is 0 Å². The van der Waals surface area contributed by atoms with Gasteiger partial charge in [-0.1, -0.05) is 0 Å². The molecule has 0 bridgehead atoms. The number of carbonyl (C=O) groups excluding carboxylic acids is 1. The fourth-order valence-corrected chi connectivity index (χ4v) is 1.89. The predicted molar refractivity (Wildman–Crippen MR) is 73.3 cm³/mol. The molecule has 2 aromatic rings. The van der Waals surface area contributed by atoms with E-state index in [0.29, 0.717) is 12.4 Å². The van der Waals surface area contributed by atoms with Crippen LogP contribution in [0.15, 0.2) is 30.9 Å². The summed E-state index contributed by atoms with van der Waals surface area (Å²) in [5.74, 6) is 0.402. The maximum absolute atomic E-state index is 11.9. The van der Waals surface area contributed by atoms with Gasteiger partial charge in [0.15, 0.2) is 0 Å². The van der Waals surface area contributed by atoms with E-state index in [9.17, 15) is 4.79 Å². The number of imidazole rings is 1. The first-order valence-corrected chi connectivity index (χ1v) is 6.15. The molecular weight excluding hydrogens is 242 g/mol. The fourth-order valence-electron chi connectivity index (χ4n) is 1.89. The van der Waals surface area contributed by atoms with Gasteiger partial charge in [0.05, 0.1) is 18.2 Å². The van der Waals surface area contributed by atoms with Crippen LogP contribution >= 0.6 is 0 Å². The van der Waals surface area contributed by atoms with Crippen LogP contribution in [-0.4, -0.2) is 27.0 Å². The predicted octanol–water partition coefficient (Wildman–Crippen LogP) is 1.22. The van der Waals surface area contributed by atoms with Crippen LogP contribution < -0.4 is 11.1 Å². The lowest BCUT2D eigenvalue weighted by Gasteiger charge is -2.16. The number of hydrogen-bond acceptors (Lipinski definition) is 4. The number of likely N-dealkylation sites (N-methyl/N-ethyl adjacent to an activating group) is 1. The van der Waals surface area contributed by atoms with Crippen LogP contribution in [0.25, 0.3) is 11.3 Å². The van der Waals surface area contributed by atoms with E-state index < -0.39 is 0 Å². The number of nitrogens with one attached hydrogen (secondary N) is 1. The molecule has 1 amide bonds. The Morgan fingerprint density at radius 2 is 2.37 bits per heavy atom. The van der Waals surface area contributed by atoms with E-state index in [4.69, 9.17) is 5.73 Å².